The minimum Gasteiger partial charge on any atom is -0.378 e. The van der Waals surface area contributed by atoms with Crippen molar-refractivity contribution >= 4 is 44.6 Å². The molecule has 188 valence electrons. The molecule has 0 spiro atoms. The molecule has 3 aromatic rings. The van der Waals surface area contributed by atoms with Crippen LogP contribution in [-0.2, 0) is 16.2 Å². The molecule has 0 bridgehead atoms. The summed E-state index contributed by atoms with van der Waals surface area (Å²) in [6, 6.07) is 11.3. The summed E-state index contributed by atoms with van der Waals surface area (Å²) in [6.07, 6.45) is -0.200. The third-order valence-corrected chi connectivity index (χ3v) is 8.52. The molecule has 0 radical (unpaired) electrons. The van der Waals surface area contributed by atoms with Gasteiger partial charge in [0.05, 0.1) is 21.5 Å². The Kier molecular flexibility index (Phi) is 6.21. The molecule has 0 saturated heterocycles. The summed E-state index contributed by atoms with van der Waals surface area (Å²) in [7, 11) is -4.22. The number of fused-ring (bicyclic) bond motifs is 3. The van der Waals surface area contributed by atoms with E-state index in [1.807, 2.05) is 12.2 Å². The molecule has 36 heavy (non-hydrogen) atoms. The Morgan fingerprint density at radius 2 is 1.78 bits per heavy atom. The van der Waals surface area contributed by atoms with Gasteiger partial charge in [0.25, 0.3) is 10.0 Å². The van der Waals surface area contributed by atoms with Gasteiger partial charge in [0.2, 0.25) is 0 Å². The Balaban J connectivity index is 1.49. The van der Waals surface area contributed by atoms with Gasteiger partial charge in [0, 0.05) is 27.9 Å². The Labute approximate surface area is 215 Å². The maximum atomic E-state index is 14.7. The molecule has 3 atom stereocenters. The van der Waals surface area contributed by atoms with Gasteiger partial charge in [0.1, 0.15) is 5.82 Å². The fourth-order valence-electron chi connectivity index (χ4n) is 4.85. The highest BCUT2D eigenvalue weighted by atomic mass is 35.5. The molecule has 2 aliphatic rings. The Bertz CT molecular complexity index is 1470. The van der Waals surface area contributed by atoms with E-state index in [-0.39, 0.29) is 22.4 Å². The fourth-order valence-corrected chi connectivity index (χ4v) is 6.44. The first-order valence-electron chi connectivity index (χ1n) is 10.9. The van der Waals surface area contributed by atoms with E-state index in [0.29, 0.717) is 34.3 Å². The summed E-state index contributed by atoms with van der Waals surface area (Å²) >= 11 is 12.0. The number of sulfonamides is 1. The van der Waals surface area contributed by atoms with Crippen molar-refractivity contribution in [3.05, 3.63) is 99.3 Å². The number of allylic oxidation sites excluding steroid dienone is 2. The summed E-state index contributed by atoms with van der Waals surface area (Å²) in [6.45, 7) is 0. The van der Waals surface area contributed by atoms with Crippen LogP contribution in [0, 0.1) is 11.7 Å². The number of anilines is 2. The van der Waals surface area contributed by atoms with Crippen LogP contribution in [0.1, 0.15) is 35.1 Å². The molecular formula is C25H18Cl2F4N2O2S. The summed E-state index contributed by atoms with van der Waals surface area (Å²) in [4.78, 5) is -0.118. The quantitative estimate of drug-likeness (QED) is 0.255. The molecule has 2 N–H and O–H groups in total. The Morgan fingerprint density at radius 3 is 2.50 bits per heavy atom. The van der Waals surface area contributed by atoms with Crippen LogP contribution >= 0.6 is 23.2 Å². The van der Waals surface area contributed by atoms with E-state index >= 15 is 0 Å². The maximum Gasteiger partial charge on any atom is 0.417 e. The number of nitrogens with one attached hydrogen (secondary N) is 2. The molecule has 11 heteroatoms. The molecular weight excluding hydrogens is 539 g/mol. The second-order valence-corrected chi connectivity index (χ2v) is 11.2. The summed E-state index contributed by atoms with van der Waals surface area (Å²) in [5.41, 5.74) is 0.251. The molecule has 0 amide bonds. The third kappa shape index (κ3) is 4.44. The van der Waals surface area contributed by atoms with Gasteiger partial charge >= 0.3 is 6.18 Å². The first kappa shape index (κ1) is 24.9. The van der Waals surface area contributed by atoms with Crippen LogP contribution in [0.25, 0.3) is 0 Å². The smallest absolute Gasteiger partial charge is 0.378 e. The highest BCUT2D eigenvalue weighted by Crippen LogP contribution is 2.51. The molecule has 4 nitrogen and oxygen atoms in total. The zero-order valence-electron chi connectivity index (χ0n) is 18.3. The number of hydrogen-bond donors (Lipinski definition) is 2. The predicted octanol–water partition coefficient (Wildman–Crippen LogP) is 7.78. The van der Waals surface area contributed by atoms with Crippen LogP contribution < -0.4 is 10.0 Å². The molecule has 5 rings (SSSR count). The normalized spacial score (nSPS) is 21.0. The second kappa shape index (κ2) is 8.97. The lowest BCUT2D eigenvalue weighted by atomic mass is 9.77. The summed E-state index contributed by atoms with van der Waals surface area (Å²) in [5.74, 6) is -0.744. The standard InChI is InChI=1S/C25H18Cl2F4N2O2S/c26-19-9-7-13(11-18(19)25(29,30)31)33-36(34,35)14-8-10-22-17(12-14)15-3-1-4-16(15)24(32-22)23-20(27)5-2-6-21(23)28/h1-3,5-12,15-16,24,32-33H,4H2/t15-,16+,24-/m0/s1. The van der Waals surface area contributed by atoms with Gasteiger partial charge in [-0.25, -0.2) is 12.8 Å². The van der Waals surface area contributed by atoms with Gasteiger partial charge in [-0.05, 0) is 66.4 Å². The van der Waals surface area contributed by atoms with Gasteiger partial charge in [-0.15, -0.1) is 0 Å². The van der Waals surface area contributed by atoms with Crippen LogP contribution in [0.15, 0.2) is 71.6 Å². The molecule has 1 aliphatic heterocycles. The monoisotopic (exact) mass is 556 g/mol. The molecule has 1 heterocycles. The van der Waals surface area contributed by atoms with Gasteiger partial charge < -0.3 is 5.32 Å². The molecule has 1 aliphatic carbocycles. The van der Waals surface area contributed by atoms with Crippen molar-refractivity contribution in [1.82, 2.24) is 0 Å². The third-order valence-electron chi connectivity index (χ3n) is 6.48. The average molecular weight is 557 g/mol. The second-order valence-electron chi connectivity index (χ2n) is 8.66. The fraction of sp³-hybridized carbons (Fsp3) is 0.200. The van der Waals surface area contributed by atoms with Crippen molar-refractivity contribution < 1.29 is 26.0 Å². The molecule has 0 fully saturated rings. The highest BCUT2D eigenvalue weighted by molar-refractivity contribution is 7.92. The number of rotatable bonds is 4. The number of halogens is 6. The van der Waals surface area contributed by atoms with E-state index in [0.717, 1.165) is 12.1 Å². The van der Waals surface area contributed by atoms with E-state index in [1.54, 1.807) is 12.1 Å². The predicted molar refractivity (Wildman–Crippen MR) is 131 cm³/mol. The van der Waals surface area contributed by atoms with Crippen LogP contribution in [0.4, 0.5) is 28.9 Å². The maximum absolute atomic E-state index is 14.7. The van der Waals surface area contributed by atoms with Gasteiger partial charge in [0.15, 0.2) is 0 Å². The Hall–Kier alpha value is -2.75. The van der Waals surface area contributed by atoms with E-state index < -0.39 is 38.6 Å². The molecule has 0 saturated carbocycles. The van der Waals surface area contributed by atoms with E-state index in [9.17, 15) is 26.0 Å². The zero-order chi connectivity index (χ0) is 25.8. The first-order valence-corrected chi connectivity index (χ1v) is 13.1. The van der Waals surface area contributed by atoms with Crippen molar-refractivity contribution in [3.63, 3.8) is 0 Å². The zero-order valence-corrected chi connectivity index (χ0v) is 20.6. The van der Waals surface area contributed by atoms with Crippen LogP contribution in [0.3, 0.4) is 0 Å². The lowest BCUT2D eigenvalue weighted by Crippen LogP contribution is -2.30. The minimum atomic E-state index is -4.74. The molecule has 0 unspecified atom stereocenters. The van der Waals surface area contributed by atoms with Crippen LogP contribution in [0.5, 0.6) is 0 Å². The van der Waals surface area contributed by atoms with Gasteiger partial charge in [-0.3, -0.25) is 4.72 Å². The first-order chi connectivity index (χ1) is 17.0. The molecule has 0 aromatic heterocycles. The minimum absolute atomic E-state index is 0.108. The number of benzene rings is 3. The van der Waals surface area contributed by atoms with E-state index in [4.69, 9.17) is 23.2 Å². The summed E-state index contributed by atoms with van der Waals surface area (Å²) < 4.78 is 82.6. The summed E-state index contributed by atoms with van der Waals surface area (Å²) in [5, 5.41) is 3.07. The van der Waals surface area contributed by atoms with Crippen molar-refractivity contribution in [1.29, 1.82) is 0 Å². The number of alkyl halides is 3. The number of hydrogen-bond acceptors (Lipinski definition) is 3. The van der Waals surface area contributed by atoms with Gasteiger partial charge in [-0.2, -0.15) is 13.2 Å². The lowest BCUT2D eigenvalue weighted by Gasteiger charge is -2.38. The largest absolute Gasteiger partial charge is 0.417 e. The van der Waals surface area contributed by atoms with Crippen molar-refractivity contribution in [3.8, 4) is 0 Å². The van der Waals surface area contributed by atoms with Gasteiger partial charge in [-0.1, -0.05) is 41.4 Å². The van der Waals surface area contributed by atoms with Crippen LogP contribution in [0.2, 0.25) is 10.0 Å². The van der Waals surface area contributed by atoms with E-state index in [2.05, 4.69) is 10.0 Å². The van der Waals surface area contributed by atoms with Crippen LogP contribution in [-0.4, -0.2) is 8.42 Å². The lowest BCUT2D eigenvalue weighted by molar-refractivity contribution is -0.137. The average Bonchev–Trinajstić information content (AvgIpc) is 3.29. The topological polar surface area (TPSA) is 58.2 Å². The van der Waals surface area contributed by atoms with Crippen molar-refractivity contribution in [2.24, 2.45) is 5.92 Å². The SMILES string of the molecule is O=S(=O)(Nc1ccc(Cl)c(C(F)(F)F)c1)c1ccc2c(c1)[C@H]1C=CC[C@H]1[C@@H](c1c(F)cccc1Cl)N2. The molecule has 3 aromatic carbocycles. The highest BCUT2D eigenvalue weighted by Gasteiger charge is 2.40. The Morgan fingerprint density at radius 1 is 1.00 bits per heavy atom. The van der Waals surface area contributed by atoms with Crippen molar-refractivity contribution in [2.75, 3.05) is 10.0 Å². The van der Waals surface area contributed by atoms with E-state index in [1.165, 1.54) is 24.3 Å². The van der Waals surface area contributed by atoms with Crippen molar-refractivity contribution in [2.45, 2.75) is 29.5 Å².